The first kappa shape index (κ1) is 15.0. The number of hydrogen-bond acceptors (Lipinski definition) is 1. The highest BCUT2D eigenvalue weighted by atomic mass is 19.1. The highest BCUT2D eigenvalue weighted by molar-refractivity contribution is 5.48. The molecule has 2 aromatic rings. The van der Waals surface area contributed by atoms with Crippen molar-refractivity contribution in [1.29, 1.82) is 0 Å². The fraction of sp³-hybridized carbons (Fsp3) is 0.158. The zero-order chi connectivity index (χ0) is 15.2. The second-order valence-corrected chi connectivity index (χ2v) is 5.04. The van der Waals surface area contributed by atoms with Crippen LogP contribution < -0.4 is 0 Å². The maximum Gasteiger partial charge on any atom is 0.123 e. The topological polar surface area (TPSA) is 20.2 Å². The molecule has 0 saturated heterocycles. The molecule has 0 aliphatic heterocycles. The molecule has 1 unspecified atom stereocenters. The van der Waals surface area contributed by atoms with Crippen LogP contribution >= 0.6 is 0 Å². The normalized spacial score (nSPS) is 11.2. The lowest BCUT2D eigenvalue weighted by Crippen LogP contribution is -1.99. The van der Waals surface area contributed by atoms with Gasteiger partial charge in [0.2, 0.25) is 0 Å². The molecule has 0 aliphatic carbocycles. The van der Waals surface area contributed by atoms with Crippen LogP contribution in [0.1, 0.15) is 36.6 Å². The lowest BCUT2D eigenvalue weighted by Gasteiger charge is -2.10. The van der Waals surface area contributed by atoms with Gasteiger partial charge in [0.05, 0.1) is 6.10 Å². The SMILES string of the molecule is CC(C)=CC(O)c1cc(F)ccc1C#Cc1ccccc1. The second kappa shape index (κ2) is 6.88. The molecule has 106 valence electrons. The van der Waals surface area contributed by atoms with Gasteiger partial charge in [0.15, 0.2) is 0 Å². The van der Waals surface area contributed by atoms with E-state index < -0.39 is 6.10 Å². The van der Waals surface area contributed by atoms with E-state index in [1.807, 2.05) is 44.2 Å². The summed E-state index contributed by atoms with van der Waals surface area (Å²) in [6, 6.07) is 13.8. The highest BCUT2D eigenvalue weighted by Crippen LogP contribution is 2.21. The minimum atomic E-state index is -0.856. The van der Waals surface area contributed by atoms with Crippen LogP contribution in [0.25, 0.3) is 0 Å². The number of aliphatic hydroxyl groups is 1. The summed E-state index contributed by atoms with van der Waals surface area (Å²) >= 11 is 0. The molecular weight excluding hydrogens is 263 g/mol. The quantitative estimate of drug-likeness (QED) is 0.645. The summed E-state index contributed by atoms with van der Waals surface area (Å²) in [6.45, 7) is 3.77. The Labute approximate surface area is 124 Å². The fourth-order valence-corrected chi connectivity index (χ4v) is 1.96. The van der Waals surface area contributed by atoms with Gasteiger partial charge in [0, 0.05) is 16.7 Å². The summed E-state index contributed by atoms with van der Waals surface area (Å²) in [7, 11) is 0. The fourth-order valence-electron chi connectivity index (χ4n) is 1.96. The molecule has 0 amide bonds. The molecule has 1 atom stereocenters. The third-order valence-electron chi connectivity index (χ3n) is 2.94. The van der Waals surface area contributed by atoms with Crippen LogP contribution in [0.15, 0.2) is 60.2 Å². The molecule has 2 heteroatoms. The van der Waals surface area contributed by atoms with Crippen LogP contribution in [-0.4, -0.2) is 5.11 Å². The summed E-state index contributed by atoms with van der Waals surface area (Å²) < 4.78 is 13.4. The first-order chi connectivity index (χ1) is 10.1. The Morgan fingerprint density at radius 2 is 1.81 bits per heavy atom. The van der Waals surface area contributed by atoms with Crippen molar-refractivity contribution in [2.24, 2.45) is 0 Å². The van der Waals surface area contributed by atoms with Gasteiger partial charge < -0.3 is 5.11 Å². The van der Waals surface area contributed by atoms with Crippen LogP contribution in [0.3, 0.4) is 0 Å². The predicted molar refractivity (Wildman–Crippen MR) is 83.2 cm³/mol. The Balaban J connectivity index is 2.41. The van der Waals surface area contributed by atoms with Crippen molar-refractivity contribution >= 4 is 0 Å². The van der Waals surface area contributed by atoms with E-state index in [2.05, 4.69) is 11.8 Å². The molecule has 1 nitrogen and oxygen atoms in total. The number of aliphatic hydroxyl groups excluding tert-OH is 1. The van der Waals surface area contributed by atoms with Gasteiger partial charge in [-0.25, -0.2) is 4.39 Å². The summed E-state index contributed by atoms with van der Waals surface area (Å²) in [5.74, 6) is 5.65. The molecule has 0 radical (unpaired) electrons. The number of hydrogen-bond donors (Lipinski definition) is 1. The monoisotopic (exact) mass is 280 g/mol. The first-order valence-corrected chi connectivity index (χ1v) is 6.76. The van der Waals surface area contributed by atoms with E-state index in [9.17, 15) is 9.50 Å². The average Bonchev–Trinajstić information content (AvgIpc) is 2.46. The standard InChI is InChI=1S/C19H17FO/c1-14(2)12-19(21)18-13-17(20)11-10-16(18)9-8-15-6-4-3-5-7-15/h3-7,10-13,19,21H,1-2H3. The molecule has 0 bridgehead atoms. The average molecular weight is 280 g/mol. The summed E-state index contributed by atoms with van der Waals surface area (Å²) in [6.07, 6.45) is 0.827. The number of benzene rings is 2. The molecule has 0 aromatic heterocycles. The van der Waals surface area contributed by atoms with Crippen molar-refractivity contribution in [2.45, 2.75) is 20.0 Å². The molecule has 21 heavy (non-hydrogen) atoms. The van der Waals surface area contributed by atoms with E-state index >= 15 is 0 Å². The van der Waals surface area contributed by atoms with Gasteiger partial charge >= 0.3 is 0 Å². The van der Waals surface area contributed by atoms with E-state index in [1.54, 1.807) is 12.1 Å². The van der Waals surface area contributed by atoms with E-state index in [4.69, 9.17) is 0 Å². The Hall–Kier alpha value is -2.37. The minimum absolute atomic E-state index is 0.378. The summed E-state index contributed by atoms with van der Waals surface area (Å²) in [5, 5.41) is 10.2. The third-order valence-corrected chi connectivity index (χ3v) is 2.94. The summed E-state index contributed by atoms with van der Waals surface area (Å²) in [4.78, 5) is 0. The molecule has 0 heterocycles. The van der Waals surface area contributed by atoms with Gasteiger partial charge in [-0.15, -0.1) is 0 Å². The van der Waals surface area contributed by atoms with Crippen molar-refractivity contribution in [3.63, 3.8) is 0 Å². The van der Waals surface area contributed by atoms with E-state index in [0.717, 1.165) is 11.1 Å². The van der Waals surface area contributed by atoms with Crippen molar-refractivity contribution in [2.75, 3.05) is 0 Å². The molecular formula is C19H17FO. The van der Waals surface area contributed by atoms with Crippen LogP contribution in [0.4, 0.5) is 4.39 Å². The Kier molecular flexibility index (Phi) is 4.92. The lowest BCUT2D eigenvalue weighted by atomic mass is 10.0. The van der Waals surface area contributed by atoms with Crippen LogP contribution in [0.2, 0.25) is 0 Å². The van der Waals surface area contributed by atoms with Crippen LogP contribution in [-0.2, 0) is 0 Å². The van der Waals surface area contributed by atoms with E-state index in [1.165, 1.54) is 12.1 Å². The van der Waals surface area contributed by atoms with Gasteiger partial charge in [0.25, 0.3) is 0 Å². The van der Waals surface area contributed by atoms with Crippen molar-refractivity contribution in [3.8, 4) is 11.8 Å². The first-order valence-electron chi connectivity index (χ1n) is 6.76. The largest absolute Gasteiger partial charge is 0.384 e. The molecule has 2 aromatic carbocycles. The van der Waals surface area contributed by atoms with Gasteiger partial charge in [-0.3, -0.25) is 0 Å². The van der Waals surface area contributed by atoms with Gasteiger partial charge in [-0.2, -0.15) is 0 Å². The molecule has 0 aliphatic rings. The number of allylic oxidation sites excluding steroid dienone is 1. The number of rotatable bonds is 2. The van der Waals surface area contributed by atoms with Crippen LogP contribution in [0, 0.1) is 17.7 Å². The van der Waals surface area contributed by atoms with Crippen LogP contribution in [0.5, 0.6) is 0 Å². The van der Waals surface area contributed by atoms with Gasteiger partial charge in [-0.1, -0.05) is 41.7 Å². The number of halogens is 1. The van der Waals surface area contributed by atoms with E-state index in [-0.39, 0.29) is 5.82 Å². The maximum atomic E-state index is 13.4. The van der Waals surface area contributed by atoms with Crippen molar-refractivity contribution < 1.29 is 9.50 Å². The third kappa shape index (κ3) is 4.30. The zero-order valence-electron chi connectivity index (χ0n) is 12.1. The molecule has 0 spiro atoms. The van der Waals surface area contributed by atoms with E-state index in [0.29, 0.717) is 11.1 Å². The van der Waals surface area contributed by atoms with Crippen molar-refractivity contribution in [1.82, 2.24) is 0 Å². The Morgan fingerprint density at radius 1 is 1.10 bits per heavy atom. The van der Waals surface area contributed by atoms with Crippen molar-refractivity contribution in [3.05, 3.63) is 82.7 Å². The smallest absolute Gasteiger partial charge is 0.123 e. The summed E-state index contributed by atoms with van der Waals surface area (Å²) in [5.41, 5.74) is 2.96. The molecule has 2 rings (SSSR count). The molecule has 1 N–H and O–H groups in total. The minimum Gasteiger partial charge on any atom is -0.384 e. The Morgan fingerprint density at radius 3 is 2.48 bits per heavy atom. The Bertz CT molecular complexity index is 701. The lowest BCUT2D eigenvalue weighted by molar-refractivity contribution is 0.227. The molecule has 0 saturated carbocycles. The predicted octanol–water partition coefficient (Wildman–Crippen LogP) is 4.23. The van der Waals surface area contributed by atoms with Gasteiger partial charge in [0.1, 0.15) is 5.82 Å². The molecule has 0 fully saturated rings. The van der Waals surface area contributed by atoms with Gasteiger partial charge in [-0.05, 0) is 44.2 Å². The zero-order valence-corrected chi connectivity index (χ0v) is 12.1. The second-order valence-electron chi connectivity index (χ2n) is 5.04. The highest BCUT2D eigenvalue weighted by Gasteiger charge is 2.10. The maximum absolute atomic E-state index is 13.4.